The molecule has 1 amide bonds. The number of rotatable bonds is 5. The van der Waals surface area contributed by atoms with Gasteiger partial charge < -0.3 is 19.9 Å². The minimum Gasteiger partial charge on any atom is -0.497 e. The molecule has 1 fully saturated rings. The van der Waals surface area contributed by atoms with Crippen molar-refractivity contribution < 1.29 is 9.53 Å². The smallest absolute Gasteiger partial charge is 0.252 e. The molecule has 6 nitrogen and oxygen atoms in total. The first kappa shape index (κ1) is 23.3. The number of piperazine rings is 1. The van der Waals surface area contributed by atoms with E-state index < -0.39 is 0 Å². The minimum atomic E-state index is -0.0292. The average Bonchev–Trinajstić information content (AvgIpc) is 2.97. The standard InChI is InChI=1S/C31H32N4O2/c1-37-24-15-13-23(14-16-24)34-17-19-35(20-18-34)30-21-27(26-10-4-5-11-29(26)32-30)31(36)33-28-12-6-8-22-7-2-3-9-25(22)28/h2-5,7,9-11,13-16,21,28H,6,8,12,17-20H2,1H3,(H,33,36). The van der Waals surface area contributed by atoms with Crippen molar-refractivity contribution in [3.8, 4) is 5.75 Å². The topological polar surface area (TPSA) is 57.7 Å². The SMILES string of the molecule is COc1ccc(N2CCN(c3cc(C(=O)NC4CCCc5ccccc54)c4ccccc4n3)CC2)cc1. The van der Waals surface area contributed by atoms with Crippen LogP contribution >= 0.6 is 0 Å². The fraction of sp³-hybridized carbons (Fsp3) is 0.290. The van der Waals surface area contributed by atoms with Gasteiger partial charge in [-0.15, -0.1) is 0 Å². The number of carbonyl (C=O) groups is 1. The Morgan fingerprint density at radius 3 is 2.46 bits per heavy atom. The number of hydrogen-bond donors (Lipinski definition) is 1. The molecule has 1 aliphatic carbocycles. The summed E-state index contributed by atoms with van der Waals surface area (Å²) < 4.78 is 5.29. The molecule has 1 aromatic heterocycles. The molecular formula is C31H32N4O2. The van der Waals surface area contributed by atoms with E-state index in [1.807, 2.05) is 42.5 Å². The number of aryl methyl sites for hydroxylation is 1. The number of benzene rings is 3. The Labute approximate surface area is 217 Å². The van der Waals surface area contributed by atoms with Gasteiger partial charge in [-0.05, 0) is 66.8 Å². The van der Waals surface area contributed by atoms with Gasteiger partial charge in [-0.1, -0.05) is 42.5 Å². The molecule has 6 heteroatoms. The summed E-state index contributed by atoms with van der Waals surface area (Å²) in [4.78, 5) is 23.3. The molecule has 1 saturated heterocycles. The highest BCUT2D eigenvalue weighted by Crippen LogP contribution is 2.31. The fourth-order valence-corrected chi connectivity index (χ4v) is 5.64. The van der Waals surface area contributed by atoms with E-state index in [0.717, 1.165) is 67.9 Å². The van der Waals surface area contributed by atoms with Crippen molar-refractivity contribution in [2.24, 2.45) is 0 Å². The van der Waals surface area contributed by atoms with E-state index in [2.05, 4.69) is 51.5 Å². The van der Waals surface area contributed by atoms with Crippen LogP contribution in [0.3, 0.4) is 0 Å². The zero-order chi connectivity index (χ0) is 25.2. The van der Waals surface area contributed by atoms with Gasteiger partial charge in [0.15, 0.2) is 0 Å². The summed E-state index contributed by atoms with van der Waals surface area (Å²) >= 11 is 0. The van der Waals surface area contributed by atoms with Gasteiger partial charge in [-0.2, -0.15) is 0 Å². The number of para-hydroxylation sites is 1. The molecule has 37 heavy (non-hydrogen) atoms. The predicted octanol–water partition coefficient (Wildman–Crippen LogP) is 5.38. The molecule has 2 aliphatic rings. The van der Waals surface area contributed by atoms with Crippen LogP contribution in [0.2, 0.25) is 0 Å². The van der Waals surface area contributed by atoms with Crippen molar-refractivity contribution in [1.82, 2.24) is 10.3 Å². The van der Waals surface area contributed by atoms with Crippen LogP contribution in [0.1, 0.15) is 40.4 Å². The molecule has 0 spiro atoms. The predicted molar refractivity (Wildman–Crippen MR) is 149 cm³/mol. The Balaban J connectivity index is 1.23. The van der Waals surface area contributed by atoms with Crippen LogP contribution in [0.4, 0.5) is 11.5 Å². The van der Waals surface area contributed by atoms with Gasteiger partial charge in [-0.25, -0.2) is 4.98 Å². The summed E-state index contributed by atoms with van der Waals surface area (Å²) in [7, 11) is 1.69. The number of hydrogen-bond acceptors (Lipinski definition) is 5. The maximum absolute atomic E-state index is 13.7. The summed E-state index contributed by atoms with van der Waals surface area (Å²) in [5.41, 5.74) is 5.33. The summed E-state index contributed by atoms with van der Waals surface area (Å²) in [6.45, 7) is 3.46. The fourth-order valence-electron chi connectivity index (χ4n) is 5.64. The maximum atomic E-state index is 13.7. The molecule has 2 heterocycles. The molecule has 1 N–H and O–H groups in total. The van der Waals surface area contributed by atoms with Crippen LogP contribution < -0.4 is 19.9 Å². The van der Waals surface area contributed by atoms with Gasteiger partial charge in [0.05, 0.1) is 24.2 Å². The Morgan fingerprint density at radius 1 is 0.919 bits per heavy atom. The van der Waals surface area contributed by atoms with Crippen LogP contribution in [-0.4, -0.2) is 44.2 Å². The number of amides is 1. The molecule has 188 valence electrons. The number of ether oxygens (including phenoxy) is 1. The van der Waals surface area contributed by atoms with E-state index in [1.165, 1.54) is 16.8 Å². The second-order valence-corrected chi connectivity index (χ2v) is 9.83. The van der Waals surface area contributed by atoms with Crippen LogP contribution in [0, 0.1) is 0 Å². The van der Waals surface area contributed by atoms with Gasteiger partial charge in [0.1, 0.15) is 11.6 Å². The maximum Gasteiger partial charge on any atom is 0.252 e. The number of aromatic nitrogens is 1. The molecule has 1 unspecified atom stereocenters. The number of methoxy groups -OCH3 is 1. The first-order valence-corrected chi connectivity index (χ1v) is 13.1. The molecule has 4 aromatic rings. The zero-order valence-corrected chi connectivity index (χ0v) is 21.2. The number of nitrogens with one attached hydrogen (secondary N) is 1. The van der Waals surface area contributed by atoms with Crippen LogP contribution in [0.15, 0.2) is 78.9 Å². The largest absolute Gasteiger partial charge is 0.497 e. The first-order valence-electron chi connectivity index (χ1n) is 13.1. The molecule has 6 rings (SSSR count). The molecule has 3 aromatic carbocycles. The summed E-state index contributed by atoms with van der Waals surface area (Å²) in [5, 5.41) is 4.24. The Hall–Kier alpha value is -4.06. The Bertz CT molecular complexity index is 1410. The van der Waals surface area contributed by atoms with Gasteiger partial charge in [0, 0.05) is 37.3 Å². The van der Waals surface area contributed by atoms with Crippen LogP contribution in [0.5, 0.6) is 5.75 Å². The number of carbonyl (C=O) groups excluding carboxylic acids is 1. The van der Waals surface area contributed by atoms with E-state index in [1.54, 1.807) is 7.11 Å². The van der Waals surface area contributed by atoms with Gasteiger partial charge in [0.25, 0.3) is 5.91 Å². The van der Waals surface area contributed by atoms with Crippen LogP contribution in [0.25, 0.3) is 10.9 Å². The van der Waals surface area contributed by atoms with Gasteiger partial charge in [-0.3, -0.25) is 4.79 Å². The van der Waals surface area contributed by atoms with Crippen molar-refractivity contribution in [2.45, 2.75) is 25.3 Å². The number of pyridine rings is 1. The summed E-state index contributed by atoms with van der Waals surface area (Å²) in [6.07, 6.45) is 3.13. The second kappa shape index (κ2) is 10.1. The van der Waals surface area contributed by atoms with Crippen molar-refractivity contribution >= 4 is 28.3 Å². The highest BCUT2D eigenvalue weighted by Gasteiger charge is 2.25. The van der Waals surface area contributed by atoms with Crippen molar-refractivity contribution in [3.05, 3.63) is 95.6 Å². The molecule has 1 atom stereocenters. The van der Waals surface area contributed by atoms with E-state index >= 15 is 0 Å². The monoisotopic (exact) mass is 492 g/mol. The van der Waals surface area contributed by atoms with E-state index in [0.29, 0.717) is 5.56 Å². The lowest BCUT2D eigenvalue weighted by Crippen LogP contribution is -2.47. The average molecular weight is 493 g/mol. The molecular weight excluding hydrogens is 460 g/mol. The Morgan fingerprint density at radius 2 is 1.65 bits per heavy atom. The minimum absolute atomic E-state index is 0.0292. The molecule has 0 radical (unpaired) electrons. The van der Waals surface area contributed by atoms with Crippen molar-refractivity contribution in [1.29, 1.82) is 0 Å². The molecule has 0 saturated carbocycles. The third-order valence-corrected chi connectivity index (χ3v) is 7.66. The lowest BCUT2D eigenvalue weighted by atomic mass is 9.87. The highest BCUT2D eigenvalue weighted by atomic mass is 16.5. The van der Waals surface area contributed by atoms with E-state index in [-0.39, 0.29) is 11.9 Å². The number of nitrogens with zero attached hydrogens (tertiary/aromatic N) is 3. The molecule has 1 aliphatic heterocycles. The highest BCUT2D eigenvalue weighted by molar-refractivity contribution is 6.07. The number of anilines is 2. The number of fused-ring (bicyclic) bond motifs is 2. The first-order chi connectivity index (χ1) is 18.2. The van der Waals surface area contributed by atoms with Gasteiger partial charge in [0.2, 0.25) is 0 Å². The quantitative estimate of drug-likeness (QED) is 0.406. The van der Waals surface area contributed by atoms with Crippen molar-refractivity contribution in [2.75, 3.05) is 43.1 Å². The normalized spacial score (nSPS) is 17.4. The van der Waals surface area contributed by atoms with Crippen molar-refractivity contribution in [3.63, 3.8) is 0 Å². The summed E-state index contributed by atoms with van der Waals surface area (Å²) in [5.74, 6) is 1.70. The summed E-state index contributed by atoms with van der Waals surface area (Å²) in [6, 6.07) is 26.7. The lowest BCUT2D eigenvalue weighted by molar-refractivity contribution is 0.0934. The van der Waals surface area contributed by atoms with E-state index in [9.17, 15) is 4.79 Å². The van der Waals surface area contributed by atoms with Gasteiger partial charge >= 0.3 is 0 Å². The lowest BCUT2D eigenvalue weighted by Gasteiger charge is -2.37. The third kappa shape index (κ3) is 4.71. The van der Waals surface area contributed by atoms with Crippen LogP contribution in [-0.2, 0) is 6.42 Å². The third-order valence-electron chi connectivity index (χ3n) is 7.66. The zero-order valence-electron chi connectivity index (χ0n) is 21.2. The molecule has 0 bridgehead atoms. The Kier molecular flexibility index (Phi) is 6.39. The second-order valence-electron chi connectivity index (χ2n) is 9.83. The van der Waals surface area contributed by atoms with E-state index in [4.69, 9.17) is 9.72 Å².